The molecule has 0 saturated carbocycles. The predicted molar refractivity (Wildman–Crippen MR) is 62.2 cm³/mol. The van der Waals surface area contributed by atoms with Gasteiger partial charge in [0.05, 0.1) is 12.5 Å². The number of hydrogen-bond acceptors (Lipinski definition) is 3. The zero-order valence-electron chi connectivity index (χ0n) is 10.1. The summed E-state index contributed by atoms with van der Waals surface area (Å²) in [5.41, 5.74) is 0. The highest BCUT2D eigenvalue weighted by molar-refractivity contribution is 5.79. The maximum Gasteiger partial charge on any atom is 0.226 e. The highest BCUT2D eigenvalue weighted by Gasteiger charge is 2.31. The van der Waals surface area contributed by atoms with Crippen LogP contribution in [0.3, 0.4) is 0 Å². The number of likely N-dealkylation sites (tertiary alicyclic amines) is 1. The molecule has 0 unspecified atom stereocenters. The van der Waals surface area contributed by atoms with Gasteiger partial charge in [0.25, 0.3) is 0 Å². The smallest absolute Gasteiger partial charge is 0.226 e. The van der Waals surface area contributed by atoms with Crippen molar-refractivity contribution in [1.29, 1.82) is 0 Å². The number of amides is 1. The normalized spacial score (nSPS) is 30.7. The van der Waals surface area contributed by atoms with Crippen LogP contribution in [0, 0.1) is 11.8 Å². The quantitative estimate of drug-likeness (QED) is 0.761. The van der Waals surface area contributed by atoms with Gasteiger partial charge < -0.3 is 15.0 Å². The molecule has 0 bridgehead atoms. The van der Waals surface area contributed by atoms with E-state index in [1.54, 1.807) is 7.11 Å². The summed E-state index contributed by atoms with van der Waals surface area (Å²) in [6.07, 6.45) is 3.28. The van der Waals surface area contributed by atoms with Gasteiger partial charge in [-0.15, -0.1) is 0 Å². The summed E-state index contributed by atoms with van der Waals surface area (Å²) in [6.45, 7) is 4.53. The number of hydrogen-bond donors (Lipinski definition) is 1. The largest absolute Gasteiger partial charge is 0.384 e. The Morgan fingerprint density at radius 3 is 3.06 bits per heavy atom. The molecule has 0 aromatic heterocycles. The van der Waals surface area contributed by atoms with E-state index in [9.17, 15) is 4.79 Å². The second-order valence-electron chi connectivity index (χ2n) is 4.94. The zero-order valence-corrected chi connectivity index (χ0v) is 10.1. The lowest BCUT2D eigenvalue weighted by atomic mass is 9.98. The molecule has 1 N–H and O–H groups in total. The average molecular weight is 226 g/mol. The molecule has 92 valence electrons. The summed E-state index contributed by atoms with van der Waals surface area (Å²) in [7, 11) is 1.73. The first-order chi connectivity index (χ1) is 7.81. The van der Waals surface area contributed by atoms with Crippen LogP contribution < -0.4 is 5.32 Å². The number of piperidine rings is 1. The topological polar surface area (TPSA) is 41.6 Å². The number of rotatable bonds is 3. The number of carbonyl (C=O) groups is 1. The number of methoxy groups -OCH3 is 1. The Balaban J connectivity index is 1.81. The molecule has 2 aliphatic rings. The lowest BCUT2D eigenvalue weighted by molar-refractivity contribution is -0.135. The molecule has 2 rings (SSSR count). The van der Waals surface area contributed by atoms with E-state index in [-0.39, 0.29) is 5.92 Å². The van der Waals surface area contributed by atoms with Gasteiger partial charge in [-0.2, -0.15) is 0 Å². The van der Waals surface area contributed by atoms with E-state index in [0.29, 0.717) is 11.8 Å². The third-order valence-electron chi connectivity index (χ3n) is 3.65. The summed E-state index contributed by atoms with van der Waals surface area (Å²) in [6, 6.07) is 0. The van der Waals surface area contributed by atoms with Gasteiger partial charge in [-0.05, 0) is 25.8 Å². The number of carbonyl (C=O) groups excluding carboxylic acids is 1. The van der Waals surface area contributed by atoms with Gasteiger partial charge in [-0.3, -0.25) is 4.79 Å². The molecular formula is C12H22N2O2. The van der Waals surface area contributed by atoms with Crippen LogP contribution in [0.25, 0.3) is 0 Å². The SMILES string of the molecule is COC[C@@H]1CCN(C(=O)[C@@H]2CCCNC2)C1. The Hall–Kier alpha value is -0.610. The van der Waals surface area contributed by atoms with E-state index in [1.165, 1.54) is 0 Å². The molecule has 2 atom stereocenters. The Kier molecular flexibility index (Phi) is 4.18. The van der Waals surface area contributed by atoms with Gasteiger partial charge >= 0.3 is 0 Å². The maximum atomic E-state index is 12.2. The van der Waals surface area contributed by atoms with Crippen LogP contribution in [0.15, 0.2) is 0 Å². The molecule has 2 heterocycles. The fourth-order valence-electron chi connectivity index (χ4n) is 2.73. The van der Waals surface area contributed by atoms with Crippen molar-refractivity contribution in [2.75, 3.05) is 39.9 Å². The highest BCUT2D eigenvalue weighted by Crippen LogP contribution is 2.21. The van der Waals surface area contributed by atoms with Crippen LogP contribution in [0.4, 0.5) is 0 Å². The Morgan fingerprint density at radius 2 is 2.38 bits per heavy atom. The zero-order chi connectivity index (χ0) is 11.4. The predicted octanol–water partition coefficient (Wildman–Crippen LogP) is 0.481. The molecule has 4 heteroatoms. The first kappa shape index (κ1) is 11.9. The fraction of sp³-hybridized carbons (Fsp3) is 0.917. The van der Waals surface area contributed by atoms with Crippen LogP contribution in [0.1, 0.15) is 19.3 Å². The summed E-state index contributed by atoms with van der Waals surface area (Å²) in [4.78, 5) is 14.2. The van der Waals surface area contributed by atoms with E-state index in [2.05, 4.69) is 5.32 Å². The lowest BCUT2D eigenvalue weighted by Gasteiger charge is -2.26. The Bertz CT molecular complexity index is 239. The van der Waals surface area contributed by atoms with E-state index >= 15 is 0 Å². The molecule has 2 saturated heterocycles. The van der Waals surface area contributed by atoms with E-state index in [4.69, 9.17) is 4.74 Å². The van der Waals surface area contributed by atoms with Crippen molar-refractivity contribution in [3.05, 3.63) is 0 Å². The van der Waals surface area contributed by atoms with Gasteiger partial charge in [0.2, 0.25) is 5.91 Å². The van der Waals surface area contributed by atoms with Crippen LogP contribution in [-0.4, -0.2) is 50.7 Å². The molecule has 0 spiro atoms. The second kappa shape index (κ2) is 5.64. The maximum absolute atomic E-state index is 12.2. The minimum absolute atomic E-state index is 0.218. The minimum Gasteiger partial charge on any atom is -0.384 e. The average Bonchev–Trinajstić information content (AvgIpc) is 2.78. The third-order valence-corrected chi connectivity index (χ3v) is 3.65. The Morgan fingerprint density at radius 1 is 1.50 bits per heavy atom. The molecular weight excluding hydrogens is 204 g/mol. The number of nitrogens with zero attached hydrogens (tertiary/aromatic N) is 1. The van der Waals surface area contributed by atoms with Crippen LogP contribution in [0.2, 0.25) is 0 Å². The molecule has 1 amide bonds. The van der Waals surface area contributed by atoms with Crippen LogP contribution in [0.5, 0.6) is 0 Å². The first-order valence-corrected chi connectivity index (χ1v) is 6.29. The van der Waals surface area contributed by atoms with Gasteiger partial charge in [0.15, 0.2) is 0 Å². The van der Waals surface area contributed by atoms with Crippen molar-refractivity contribution in [2.24, 2.45) is 11.8 Å². The molecule has 2 aliphatic heterocycles. The van der Waals surface area contributed by atoms with Crippen molar-refractivity contribution in [3.63, 3.8) is 0 Å². The monoisotopic (exact) mass is 226 g/mol. The Labute approximate surface area is 97.3 Å². The van der Waals surface area contributed by atoms with E-state index in [1.807, 2.05) is 4.90 Å². The lowest BCUT2D eigenvalue weighted by Crippen LogP contribution is -2.42. The van der Waals surface area contributed by atoms with Gasteiger partial charge in [-0.25, -0.2) is 0 Å². The van der Waals surface area contributed by atoms with Crippen LogP contribution >= 0.6 is 0 Å². The van der Waals surface area contributed by atoms with Gasteiger partial charge in [-0.1, -0.05) is 0 Å². The van der Waals surface area contributed by atoms with Crippen molar-refractivity contribution in [2.45, 2.75) is 19.3 Å². The molecule has 16 heavy (non-hydrogen) atoms. The summed E-state index contributed by atoms with van der Waals surface area (Å²) >= 11 is 0. The summed E-state index contributed by atoms with van der Waals surface area (Å²) in [5.74, 6) is 1.12. The first-order valence-electron chi connectivity index (χ1n) is 6.29. The standard InChI is InChI=1S/C12H22N2O2/c1-16-9-10-4-6-14(8-10)12(15)11-3-2-5-13-7-11/h10-11,13H,2-9H2,1H3/t10-,11-/m1/s1. The number of ether oxygens (including phenoxy) is 1. The van der Waals surface area contributed by atoms with Crippen molar-refractivity contribution in [3.8, 4) is 0 Å². The number of nitrogens with one attached hydrogen (secondary N) is 1. The highest BCUT2D eigenvalue weighted by atomic mass is 16.5. The molecule has 2 fully saturated rings. The van der Waals surface area contributed by atoms with Gasteiger partial charge in [0, 0.05) is 32.7 Å². The molecule has 0 aromatic carbocycles. The molecule has 0 aliphatic carbocycles. The molecule has 0 aromatic rings. The summed E-state index contributed by atoms with van der Waals surface area (Å²) < 4.78 is 5.15. The van der Waals surface area contributed by atoms with E-state index < -0.39 is 0 Å². The fourth-order valence-corrected chi connectivity index (χ4v) is 2.73. The van der Waals surface area contributed by atoms with Gasteiger partial charge in [0.1, 0.15) is 0 Å². The molecule has 4 nitrogen and oxygen atoms in total. The third kappa shape index (κ3) is 2.74. The molecule has 0 radical (unpaired) electrons. The van der Waals surface area contributed by atoms with Crippen molar-refractivity contribution in [1.82, 2.24) is 10.2 Å². The summed E-state index contributed by atoms with van der Waals surface area (Å²) in [5, 5.41) is 3.30. The van der Waals surface area contributed by atoms with Crippen LogP contribution in [-0.2, 0) is 9.53 Å². The van der Waals surface area contributed by atoms with Crippen molar-refractivity contribution < 1.29 is 9.53 Å². The minimum atomic E-state index is 0.218. The second-order valence-corrected chi connectivity index (χ2v) is 4.94. The van der Waals surface area contributed by atoms with E-state index in [0.717, 1.165) is 52.0 Å². The van der Waals surface area contributed by atoms with Crippen molar-refractivity contribution >= 4 is 5.91 Å².